The van der Waals surface area contributed by atoms with Gasteiger partial charge in [0, 0.05) is 19.2 Å². The number of nitrogens with one attached hydrogen (secondary N) is 3. The number of rotatable bonds is 10. The third kappa shape index (κ3) is 6.12. The van der Waals surface area contributed by atoms with E-state index in [2.05, 4.69) is 57.0 Å². The Morgan fingerprint density at radius 2 is 1.86 bits per heavy atom. The summed E-state index contributed by atoms with van der Waals surface area (Å²) >= 11 is 0. The van der Waals surface area contributed by atoms with Gasteiger partial charge in [-0.1, -0.05) is 42.5 Å². The SMILES string of the molecule is O=c1[nH]c(CCOc2ccc(Cc3ccccc3)cc2)nc2c(CNC[C@H]3CCNC3)nccc12. The number of pyridine rings is 1. The topological polar surface area (TPSA) is 91.9 Å². The molecule has 7 nitrogen and oxygen atoms in total. The van der Waals surface area contributed by atoms with Crippen LogP contribution in [0.25, 0.3) is 10.9 Å². The van der Waals surface area contributed by atoms with Crippen molar-refractivity contribution in [1.29, 1.82) is 0 Å². The number of H-pyrrole nitrogens is 1. The van der Waals surface area contributed by atoms with Gasteiger partial charge in [-0.3, -0.25) is 9.78 Å². The Hall–Kier alpha value is -3.55. The molecule has 0 unspecified atom stereocenters. The minimum Gasteiger partial charge on any atom is -0.493 e. The first-order valence-corrected chi connectivity index (χ1v) is 12.3. The predicted octanol–water partition coefficient (Wildman–Crippen LogP) is 3.23. The molecule has 1 saturated heterocycles. The third-order valence-electron chi connectivity index (χ3n) is 6.42. The molecule has 1 aliphatic heterocycles. The summed E-state index contributed by atoms with van der Waals surface area (Å²) < 4.78 is 5.92. The Morgan fingerprint density at radius 1 is 1.03 bits per heavy atom. The number of nitrogens with zero attached hydrogens (tertiary/aromatic N) is 2. The second-order valence-corrected chi connectivity index (χ2v) is 9.06. The van der Waals surface area contributed by atoms with Crippen molar-refractivity contribution in [2.45, 2.75) is 25.8 Å². The quantitative estimate of drug-likeness (QED) is 0.330. The summed E-state index contributed by atoms with van der Waals surface area (Å²) in [5.41, 5.74) is 3.84. The number of benzene rings is 2. The molecular weight excluding hydrogens is 438 g/mol. The molecule has 7 heteroatoms. The van der Waals surface area contributed by atoms with Crippen molar-refractivity contribution in [3.05, 3.63) is 99.9 Å². The highest BCUT2D eigenvalue weighted by Gasteiger charge is 2.15. The Balaban J connectivity index is 1.19. The smallest absolute Gasteiger partial charge is 0.258 e. The van der Waals surface area contributed by atoms with Crippen LogP contribution >= 0.6 is 0 Å². The van der Waals surface area contributed by atoms with Gasteiger partial charge in [0.1, 0.15) is 17.1 Å². The van der Waals surface area contributed by atoms with Crippen molar-refractivity contribution in [3.63, 3.8) is 0 Å². The Bertz CT molecular complexity index is 1300. The predicted molar refractivity (Wildman–Crippen MR) is 138 cm³/mol. The van der Waals surface area contributed by atoms with Crippen molar-refractivity contribution >= 4 is 10.9 Å². The van der Waals surface area contributed by atoms with Gasteiger partial charge in [0.15, 0.2) is 0 Å². The van der Waals surface area contributed by atoms with Crippen molar-refractivity contribution in [1.82, 2.24) is 25.6 Å². The number of ether oxygens (including phenoxy) is 1. The summed E-state index contributed by atoms with van der Waals surface area (Å²) in [6.45, 7) is 4.08. The average Bonchev–Trinajstić information content (AvgIpc) is 3.40. The summed E-state index contributed by atoms with van der Waals surface area (Å²) in [5.74, 6) is 2.05. The highest BCUT2D eigenvalue weighted by Crippen LogP contribution is 2.16. The summed E-state index contributed by atoms with van der Waals surface area (Å²) in [5, 5.41) is 7.43. The number of fused-ring (bicyclic) bond motifs is 1. The normalized spacial score (nSPS) is 15.5. The summed E-state index contributed by atoms with van der Waals surface area (Å²) in [6.07, 6.45) is 4.27. The van der Waals surface area contributed by atoms with Crippen LogP contribution in [0.15, 0.2) is 71.7 Å². The molecule has 5 rings (SSSR count). The number of hydrogen-bond acceptors (Lipinski definition) is 6. The van der Waals surface area contributed by atoms with Crippen LogP contribution < -0.4 is 20.9 Å². The highest BCUT2D eigenvalue weighted by molar-refractivity contribution is 5.79. The van der Waals surface area contributed by atoms with E-state index in [-0.39, 0.29) is 5.56 Å². The van der Waals surface area contributed by atoms with E-state index in [1.807, 2.05) is 18.2 Å². The van der Waals surface area contributed by atoms with Crippen LogP contribution in [0, 0.1) is 5.92 Å². The molecule has 3 N–H and O–H groups in total. The lowest BCUT2D eigenvalue weighted by molar-refractivity contribution is 0.319. The first-order valence-electron chi connectivity index (χ1n) is 12.3. The molecule has 0 aliphatic carbocycles. The first-order chi connectivity index (χ1) is 17.2. The molecule has 4 aromatic rings. The van der Waals surface area contributed by atoms with Gasteiger partial charge in [0.25, 0.3) is 5.56 Å². The molecule has 0 saturated carbocycles. The minimum atomic E-state index is -0.140. The van der Waals surface area contributed by atoms with E-state index in [9.17, 15) is 4.79 Å². The summed E-state index contributed by atoms with van der Waals surface area (Å²) in [6, 6.07) is 20.3. The van der Waals surface area contributed by atoms with Gasteiger partial charge >= 0.3 is 0 Å². The zero-order valence-electron chi connectivity index (χ0n) is 19.8. The zero-order chi connectivity index (χ0) is 23.9. The Labute approximate surface area is 205 Å². The van der Waals surface area contributed by atoms with Crippen LogP contribution in [0.2, 0.25) is 0 Å². The maximum atomic E-state index is 12.7. The lowest BCUT2D eigenvalue weighted by atomic mass is 10.1. The van der Waals surface area contributed by atoms with Gasteiger partial charge in [-0.05, 0) is 67.7 Å². The van der Waals surface area contributed by atoms with Gasteiger partial charge < -0.3 is 20.4 Å². The zero-order valence-corrected chi connectivity index (χ0v) is 19.8. The van der Waals surface area contributed by atoms with E-state index >= 15 is 0 Å². The maximum absolute atomic E-state index is 12.7. The molecule has 1 aliphatic rings. The molecule has 2 aromatic carbocycles. The van der Waals surface area contributed by atoms with Crippen molar-refractivity contribution < 1.29 is 4.74 Å². The largest absolute Gasteiger partial charge is 0.493 e. The lowest BCUT2D eigenvalue weighted by Crippen LogP contribution is -2.25. The highest BCUT2D eigenvalue weighted by atomic mass is 16.5. The molecule has 0 spiro atoms. The van der Waals surface area contributed by atoms with Crippen LogP contribution in [0.4, 0.5) is 0 Å². The molecule has 0 radical (unpaired) electrons. The Kier molecular flexibility index (Phi) is 7.46. The molecule has 1 fully saturated rings. The Morgan fingerprint density at radius 3 is 2.66 bits per heavy atom. The van der Waals surface area contributed by atoms with E-state index in [0.29, 0.717) is 42.2 Å². The lowest BCUT2D eigenvalue weighted by Gasteiger charge is -2.11. The van der Waals surface area contributed by atoms with Crippen LogP contribution in [0.3, 0.4) is 0 Å². The van der Waals surface area contributed by atoms with E-state index in [1.54, 1.807) is 12.3 Å². The molecule has 1 atom stereocenters. The minimum absolute atomic E-state index is 0.140. The second kappa shape index (κ2) is 11.3. The van der Waals surface area contributed by atoms with Crippen LogP contribution in [-0.2, 0) is 19.4 Å². The molecule has 0 amide bonds. The van der Waals surface area contributed by atoms with Crippen LogP contribution in [-0.4, -0.2) is 41.2 Å². The summed E-state index contributed by atoms with van der Waals surface area (Å²) in [4.78, 5) is 24.8. The van der Waals surface area contributed by atoms with E-state index < -0.39 is 0 Å². The second-order valence-electron chi connectivity index (χ2n) is 9.06. The molecule has 2 aromatic heterocycles. The number of hydrogen-bond donors (Lipinski definition) is 3. The van der Waals surface area contributed by atoms with Crippen molar-refractivity contribution in [2.24, 2.45) is 5.92 Å². The van der Waals surface area contributed by atoms with E-state index in [4.69, 9.17) is 9.72 Å². The van der Waals surface area contributed by atoms with Gasteiger partial charge in [-0.15, -0.1) is 0 Å². The third-order valence-corrected chi connectivity index (χ3v) is 6.42. The fourth-order valence-electron chi connectivity index (χ4n) is 4.50. The maximum Gasteiger partial charge on any atom is 0.258 e. The summed E-state index contributed by atoms with van der Waals surface area (Å²) in [7, 11) is 0. The standard InChI is InChI=1S/C28H31N5O2/c34-28-24-11-14-31-25(19-30-18-22-10-13-29-17-22)27(24)32-26(33-28)12-15-35-23-8-6-21(7-9-23)16-20-4-2-1-3-5-20/h1-9,11,14,22,29-30H,10,12-13,15-19H2,(H,32,33,34)/t22-/m0/s1. The number of aromatic nitrogens is 3. The van der Waals surface area contributed by atoms with Crippen molar-refractivity contribution in [2.75, 3.05) is 26.2 Å². The molecule has 180 valence electrons. The van der Waals surface area contributed by atoms with E-state index in [0.717, 1.165) is 37.5 Å². The van der Waals surface area contributed by atoms with Crippen LogP contribution in [0.5, 0.6) is 5.75 Å². The fraction of sp³-hybridized carbons (Fsp3) is 0.321. The first kappa shape index (κ1) is 23.2. The van der Waals surface area contributed by atoms with Gasteiger partial charge in [0.2, 0.25) is 0 Å². The van der Waals surface area contributed by atoms with Gasteiger partial charge in [0.05, 0.1) is 17.7 Å². The molecular formula is C28H31N5O2. The molecule has 3 heterocycles. The number of aromatic amines is 1. The molecule has 0 bridgehead atoms. The fourth-order valence-corrected chi connectivity index (χ4v) is 4.50. The van der Waals surface area contributed by atoms with Gasteiger partial charge in [-0.25, -0.2) is 4.98 Å². The average molecular weight is 470 g/mol. The van der Waals surface area contributed by atoms with E-state index in [1.165, 1.54) is 17.5 Å². The van der Waals surface area contributed by atoms with Crippen LogP contribution in [0.1, 0.15) is 29.1 Å². The van der Waals surface area contributed by atoms with Crippen molar-refractivity contribution in [3.8, 4) is 5.75 Å². The monoisotopic (exact) mass is 469 g/mol. The van der Waals surface area contributed by atoms with Gasteiger partial charge in [-0.2, -0.15) is 0 Å². The molecule has 35 heavy (non-hydrogen) atoms.